The first-order chi connectivity index (χ1) is 12.6. The maximum atomic E-state index is 13.4. The monoisotopic (exact) mass is 351 g/mol. The van der Waals surface area contributed by atoms with Crippen molar-refractivity contribution < 1.29 is 13.9 Å². The number of halogens is 1. The SMILES string of the molecule is Cc1cnn(Cc2cccc(F)c2)c1NC(=O)c1cccc2c1OCC2. The Balaban J connectivity index is 1.60. The summed E-state index contributed by atoms with van der Waals surface area (Å²) in [6.07, 6.45) is 2.49. The number of carbonyl (C=O) groups is 1. The minimum atomic E-state index is -0.297. The second-order valence-electron chi connectivity index (χ2n) is 6.31. The lowest BCUT2D eigenvalue weighted by Gasteiger charge is -2.12. The highest BCUT2D eigenvalue weighted by Gasteiger charge is 2.22. The Morgan fingerprint density at radius 2 is 2.15 bits per heavy atom. The molecule has 1 aliphatic rings. The van der Waals surface area contributed by atoms with Gasteiger partial charge in [-0.1, -0.05) is 24.3 Å². The van der Waals surface area contributed by atoms with Crippen LogP contribution >= 0.6 is 0 Å². The van der Waals surface area contributed by atoms with Crippen LogP contribution in [-0.4, -0.2) is 22.3 Å². The minimum Gasteiger partial charge on any atom is -0.492 e. The number of carbonyl (C=O) groups excluding carboxylic acids is 1. The number of fused-ring (bicyclic) bond motifs is 1. The Kier molecular flexibility index (Phi) is 4.16. The molecule has 0 spiro atoms. The van der Waals surface area contributed by atoms with Crippen LogP contribution in [0.25, 0.3) is 0 Å². The fourth-order valence-corrected chi connectivity index (χ4v) is 3.14. The van der Waals surface area contributed by atoms with Gasteiger partial charge in [-0.15, -0.1) is 0 Å². The molecule has 0 saturated heterocycles. The predicted molar refractivity (Wildman–Crippen MR) is 96.1 cm³/mol. The molecule has 0 fully saturated rings. The molecule has 3 aromatic rings. The maximum Gasteiger partial charge on any atom is 0.260 e. The van der Waals surface area contributed by atoms with Crippen LogP contribution in [-0.2, 0) is 13.0 Å². The molecule has 0 saturated carbocycles. The van der Waals surface area contributed by atoms with E-state index in [0.717, 1.165) is 23.1 Å². The molecule has 1 N–H and O–H groups in total. The number of ether oxygens (including phenoxy) is 1. The van der Waals surface area contributed by atoms with Gasteiger partial charge in [0.2, 0.25) is 0 Å². The molecule has 0 bridgehead atoms. The standard InChI is InChI=1S/C20H18FN3O2/c1-13-11-22-24(12-14-4-2-6-16(21)10-14)19(13)23-20(25)17-7-3-5-15-8-9-26-18(15)17/h2-7,10-11H,8-9,12H2,1H3,(H,23,25). The number of aromatic nitrogens is 2. The van der Waals surface area contributed by atoms with Crippen molar-refractivity contribution in [1.29, 1.82) is 0 Å². The van der Waals surface area contributed by atoms with Gasteiger partial charge in [-0.25, -0.2) is 9.07 Å². The van der Waals surface area contributed by atoms with Crippen LogP contribution in [0.3, 0.4) is 0 Å². The smallest absolute Gasteiger partial charge is 0.260 e. The first-order valence-electron chi connectivity index (χ1n) is 8.45. The number of benzene rings is 2. The summed E-state index contributed by atoms with van der Waals surface area (Å²) >= 11 is 0. The number of rotatable bonds is 4. The minimum absolute atomic E-state index is 0.243. The Hall–Kier alpha value is -3.15. The second-order valence-corrected chi connectivity index (χ2v) is 6.31. The van der Waals surface area contributed by atoms with Gasteiger partial charge in [0.15, 0.2) is 0 Å². The third-order valence-electron chi connectivity index (χ3n) is 4.43. The highest BCUT2D eigenvalue weighted by Crippen LogP contribution is 2.30. The van der Waals surface area contributed by atoms with Crippen molar-refractivity contribution in [1.82, 2.24) is 9.78 Å². The van der Waals surface area contributed by atoms with E-state index in [1.54, 1.807) is 23.0 Å². The highest BCUT2D eigenvalue weighted by molar-refractivity contribution is 6.06. The molecule has 2 heterocycles. The first-order valence-corrected chi connectivity index (χ1v) is 8.45. The van der Waals surface area contributed by atoms with Crippen LogP contribution in [0.2, 0.25) is 0 Å². The lowest BCUT2D eigenvalue weighted by Crippen LogP contribution is -2.17. The normalized spacial score (nSPS) is 12.5. The highest BCUT2D eigenvalue weighted by atomic mass is 19.1. The molecule has 1 aromatic heterocycles. The summed E-state index contributed by atoms with van der Waals surface area (Å²) in [6.45, 7) is 2.83. The van der Waals surface area contributed by atoms with E-state index in [9.17, 15) is 9.18 Å². The molecule has 132 valence electrons. The van der Waals surface area contributed by atoms with Crippen LogP contribution in [0.5, 0.6) is 5.75 Å². The molecule has 0 radical (unpaired) electrons. The van der Waals surface area contributed by atoms with Gasteiger partial charge in [0.1, 0.15) is 17.4 Å². The van der Waals surface area contributed by atoms with Gasteiger partial charge in [0.05, 0.1) is 24.9 Å². The average Bonchev–Trinajstić information content (AvgIpc) is 3.23. The first kappa shape index (κ1) is 16.3. The van der Waals surface area contributed by atoms with Crippen LogP contribution < -0.4 is 10.1 Å². The summed E-state index contributed by atoms with van der Waals surface area (Å²) in [7, 11) is 0. The Morgan fingerprint density at radius 3 is 3.00 bits per heavy atom. The molecule has 5 nitrogen and oxygen atoms in total. The molecular weight excluding hydrogens is 333 g/mol. The molecule has 1 amide bonds. The number of amides is 1. The van der Waals surface area contributed by atoms with Crippen molar-refractivity contribution in [3.63, 3.8) is 0 Å². The van der Waals surface area contributed by atoms with E-state index in [1.807, 2.05) is 25.1 Å². The number of aryl methyl sites for hydroxylation is 1. The largest absolute Gasteiger partial charge is 0.492 e. The van der Waals surface area contributed by atoms with E-state index in [1.165, 1.54) is 12.1 Å². The van der Waals surface area contributed by atoms with E-state index in [4.69, 9.17) is 4.74 Å². The zero-order valence-electron chi connectivity index (χ0n) is 14.3. The van der Waals surface area contributed by atoms with E-state index in [0.29, 0.717) is 30.3 Å². The van der Waals surface area contributed by atoms with Gasteiger partial charge in [0, 0.05) is 12.0 Å². The van der Waals surface area contributed by atoms with Crippen molar-refractivity contribution in [2.24, 2.45) is 0 Å². The quantitative estimate of drug-likeness (QED) is 0.782. The fraction of sp³-hybridized carbons (Fsp3) is 0.200. The number of hydrogen-bond acceptors (Lipinski definition) is 3. The van der Waals surface area contributed by atoms with Gasteiger partial charge < -0.3 is 10.1 Å². The molecule has 0 unspecified atom stereocenters. The van der Waals surface area contributed by atoms with Crippen LogP contribution in [0, 0.1) is 12.7 Å². The molecule has 4 rings (SSSR count). The van der Waals surface area contributed by atoms with Crippen molar-refractivity contribution in [2.45, 2.75) is 19.9 Å². The summed E-state index contributed by atoms with van der Waals surface area (Å²) in [5.74, 6) is 0.704. The molecule has 2 aromatic carbocycles. The zero-order chi connectivity index (χ0) is 18.1. The Labute approximate surface area is 150 Å². The summed E-state index contributed by atoms with van der Waals surface area (Å²) < 4.78 is 20.7. The fourth-order valence-electron chi connectivity index (χ4n) is 3.14. The van der Waals surface area contributed by atoms with Crippen molar-refractivity contribution >= 4 is 11.7 Å². The maximum absolute atomic E-state index is 13.4. The number of hydrogen-bond donors (Lipinski definition) is 1. The molecule has 1 aliphatic heterocycles. The number of nitrogens with zero attached hydrogens (tertiary/aromatic N) is 2. The van der Waals surface area contributed by atoms with Crippen LogP contribution in [0.4, 0.5) is 10.2 Å². The molecule has 0 atom stereocenters. The topological polar surface area (TPSA) is 56.2 Å². The van der Waals surface area contributed by atoms with Crippen LogP contribution in [0.15, 0.2) is 48.7 Å². The molecule has 6 heteroatoms. The Bertz CT molecular complexity index is 981. The van der Waals surface area contributed by atoms with Crippen molar-refractivity contribution in [3.05, 3.63) is 76.7 Å². The summed E-state index contributed by atoms with van der Waals surface area (Å²) in [5.41, 5.74) is 3.16. The lowest BCUT2D eigenvalue weighted by molar-refractivity contribution is 0.102. The van der Waals surface area contributed by atoms with E-state index >= 15 is 0 Å². The van der Waals surface area contributed by atoms with E-state index in [2.05, 4.69) is 10.4 Å². The van der Waals surface area contributed by atoms with Crippen molar-refractivity contribution in [3.8, 4) is 5.75 Å². The third kappa shape index (κ3) is 3.06. The zero-order valence-corrected chi connectivity index (χ0v) is 14.3. The van der Waals surface area contributed by atoms with Gasteiger partial charge in [-0.3, -0.25) is 4.79 Å². The summed E-state index contributed by atoms with van der Waals surface area (Å²) in [5, 5.41) is 7.24. The van der Waals surface area contributed by atoms with Gasteiger partial charge >= 0.3 is 0 Å². The lowest BCUT2D eigenvalue weighted by atomic mass is 10.1. The van der Waals surface area contributed by atoms with Gasteiger partial charge in [0.25, 0.3) is 5.91 Å². The molecule has 0 aliphatic carbocycles. The van der Waals surface area contributed by atoms with E-state index in [-0.39, 0.29) is 11.7 Å². The Morgan fingerprint density at radius 1 is 1.31 bits per heavy atom. The van der Waals surface area contributed by atoms with E-state index < -0.39 is 0 Å². The second kappa shape index (κ2) is 6.63. The van der Waals surface area contributed by atoms with Crippen LogP contribution in [0.1, 0.15) is 27.0 Å². The summed E-state index contributed by atoms with van der Waals surface area (Å²) in [6, 6.07) is 11.9. The molecule has 26 heavy (non-hydrogen) atoms. The number of anilines is 1. The average molecular weight is 351 g/mol. The number of nitrogens with one attached hydrogen (secondary N) is 1. The van der Waals surface area contributed by atoms with Gasteiger partial charge in [-0.05, 0) is 36.2 Å². The van der Waals surface area contributed by atoms with Crippen molar-refractivity contribution in [2.75, 3.05) is 11.9 Å². The molecular formula is C20H18FN3O2. The van der Waals surface area contributed by atoms with Gasteiger partial charge in [-0.2, -0.15) is 5.10 Å². The predicted octanol–water partition coefficient (Wildman–Crippen LogP) is 3.57. The summed E-state index contributed by atoms with van der Waals surface area (Å²) in [4.78, 5) is 12.8. The number of para-hydroxylation sites is 1. The third-order valence-corrected chi connectivity index (χ3v) is 4.43.